The van der Waals surface area contributed by atoms with E-state index < -0.39 is 11.9 Å². The quantitative estimate of drug-likeness (QED) is 0.667. The molecular weight excluding hydrogens is 354 g/mol. The second-order valence-electron chi connectivity index (χ2n) is 6.67. The second kappa shape index (κ2) is 8.52. The van der Waals surface area contributed by atoms with Crippen LogP contribution in [-0.2, 0) is 20.7 Å². The van der Waals surface area contributed by atoms with Gasteiger partial charge < -0.3 is 10.1 Å². The Labute approximate surface area is 164 Å². The normalized spacial score (nSPS) is 10.5. The lowest BCUT2D eigenvalue weighted by atomic mass is 10.1. The molecule has 0 radical (unpaired) electrons. The van der Waals surface area contributed by atoms with E-state index in [1.807, 2.05) is 75.4 Å². The Bertz CT molecular complexity index is 994. The average molecular weight is 377 g/mol. The molecule has 1 amide bonds. The summed E-state index contributed by atoms with van der Waals surface area (Å²) in [6, 6.07) is 17.3. The van der Waals surface area contributed by atoms with E-state index in [1.165, 1.54) is 0 Å². The van der Waals surface area contributed by atoms with Crippen molar-refractivity contribution >= 4 is 17.6 Å². The maximum absolute atomic E-state index is 12.2. The monoisotopic (exact) mass is 377 g/mol. The molecule has 3 aromatic rings. The summed E-state index contributed by atoms with van der Waals surface area (Å²) in [5.41, 5.74) is 4.98. The van der Waals surface area contributed by atoms with Crippen molar-refractivity contribution in [2.45, 2.75) is 27.2 Å². The Morgan fingerprint density at radius 1 is 1.04 bits per heavy atom. The number of anilines is 1. The van der Waals surface area contributed by atoms with E-state index in [0.29, 0.717) is 11.4 Å². The van der Waals surface area contributed by atoms with E-state index in [-0.39, 0.29) is 13.0 Å². The van der Waals surface area contributed by atoms with Crippen molar-refractivity contribution in [1.82, 2.24) is 9.78 Å². The number of esters is 1. The fourth-order valence-corrected chi connectivity index (χ4v) is 3.01. The molecular formula is C22H23N3O3. The Hall–Kier alpha value is -3.41. The van der Waals surface area contributed by atoms with Crippen LogP contribution in [0.4, 0.5) is 5.69 Å². The van der Waals surface area contributed by atoms with Gasteiger partial charge >= 0.3 is 5.97 Å². The molecule has 6 heteroatoms. The number of carbonyl (C=O) groups is 2. The van der Waals surface area contributed by atoms with Crippen LogP contribution in [0.25, 0.3) is 5.69 Å². The summed E-state index contributed by atoms with van der Waals surface area (Å²) in [6.45, 7) is 5.33. The lowest BCUT2D eigenvalue weighted by Crippen LogP contribution is -2.22. The number of hydrogen-bond acceptors (Lipinski definition) is 4. The van der Waals surface area contributed by atoms with Crippen LogP contribution in [0.1, 0.15) is 22.5 Å². The summed E-state index contributed by atoms with van der Waals surface area (Å²) in [5, 5.41) is 7.28. The van der Waals surface area contributed by atoms with E-state index in [9.17, 15) is 9.59 Å². The highest BCUT2D eigenvalue weighted by Gasteiger charge is 2.16. The van der Waals surface area contributed by atoms with Crippen molar-refractivity contribution in [2.24, 2.45) is 0 Å². The molecule has 6 nitrogen and oxygen atoms in total. The molecule has 0 bridgehead atoms. The minimum absolute atomic E-state index is 0.138. The molecule has 0 saturated carbocycles. The van der Waals surface area contributed by atoms with Crippen molar-refractivity contribution in [3.05, 3.63) is 77.1 Å². The first-order chi connectivity index (χ1) is 13.4. The zero-order valence-corrected chi connectivity index (χ0v) is 16.2. The van der Waals surface area contributed by atoms with Gasteiger partial charge in [-0.15, -0.1) is 0 Å². The first kappa shape index (κ1) is 19.4. The van der Waals surface area contributed by atoms with E-state index in [0.717, 1.165) is 22.5 Å². The highest BCUT2D eigenvalue weighted by molar-refractivity contribution is 5.94. The molecule has 0 fully saturated rings. The van der Waals surface area contributed by atoms with Crippen LogP contribution in [0.3, 0.4) is 0 Å². The van der Waals surface area contributed by atoms with Crippen molar-refractivity contribution in [1.29, 1.82) is 0 Å². The molecule has 0 spiro atoms. The van der Waals surface area contributed by atoms with Gasteiger partial charge in [-0.3, -0.25) is 9.59 Å². The molecule has 0 saturated heterocycles. The lowest BCUT2D eigenvalue weighted by Gasteiger charge is -2.08. The van der Waals surface area contributed by atoms with Crippen LogP contribution >= 0.6 is 0 Å². The fourth-order valence-electron chi connectivity index (χ4n) is 3.01. The number of aryl methyl sites for hydroxylation is 2. The maximum atomic E-state index is 12.2. The molecule has 1 aromatic heterocycles. The van der Waals surface area contributed by atoms with Crippen molar-refractivity contribution in [2.75, 3.05) is 11.9 Å². The number of amides is 1. The third kappa shape index (κ3) is 4.65. The van der Waals surface area contributed by atoms with Gasteiger partial charge in [0.25, 0.3) is 5.91 Å². The number of ether oxygens (including phenoxy) is 1. The molecule has 3 rings (SSSR count). The molecule has 2 aromatic carbocycles. The lowest BCUT2D eigenvalue weighted by molar-refractivity contribution is -0.146. The summed E-state index contributed by atoms with van der Waals surface area (Å²) in [6.07, 6.45) is 0.138. The molecule has 0 unspecified atom stereocenters. The Kier molecular flexibility index (Phi) is 5.89. The van der Waals surface area contributed by atoms with Gasteiger partial charge in [-0.1, -0.05) is 48.0 Å². The number of aromatic nitrogens is 2. The van der Waals surface area contributed by atoms with Gasteiger partial charge in [0, 0.05) is 0 Å². The standard InChI is InChI=1S/C22H23N3O3/c1-15-8-7-9-18(12-15)13-21(27)28-14-20(26)23-22-16(2)24-25(17(22)3)19-10-5-4-6-11-19/h4-12H,13-14H2,1-3H3,(H,23,26). The van der Waals surface area contributed by atoms with Gasteiger partial charge in [0.15, 0.2) is 6.61 Å². The highest BCUT2D eigenvalue weighted by Crippen LogP contribution is 2.22. The van der Waals surface area contributed by atoms with Crippen molar-refractivity contribution < 1.29 is 14.3 Å². The zero-order chi connectivity index (χ0) is 20.1. The van der Waals surface area contributed by atoms with Crippen LogP contribution in [0, 0.1) is 20.8 Å². The van der Waals surface area contributed by atoms with E-state index in [4.69, 9.17) is 4.74 Å². The van der Waals surface area contributed by atoms with Crippen LogP contribution in [0.5, 0.6) is 0 Å². The van der Waals surface area contributed by atoms with Gasteiger partial charge in [-0.2, -0.15) is 5.10 Å². The van der Waals surface area contributed by atoms with E-state index in [2.05, 4.69) is 10.4 Å². The van der Waals surface area contributed by atoms with Crippen LogP contribution in [0.2, 0.25) is 0 Å². The Morgan fingerprint density at radius 3 is 2.50 bits per heavy atom. The number of rotatable bonds is 6. The third-order valence-electron chi connectivity index (χ3n) is 4.35. The molecule has 0 aliphatic rings. The largest absolute Gasteiger partial charge is 0.455 e. The van der Waals surface area contributed by atoms with Crippen molar-refractivity contribution in [3.8, 4) is 5.69 Å². The molecule has 0 aliphatic carbocycles. The minimum atomic E-state index is -0.436. The topological polar surface area (TPSA) is 73.2 Å². The SMILES string of the molecule is Cc1cccc(CC(=O)OCC(=O)Nc2c(C)nn(-c3ccccc3)c2C)c1. The van der Waals surface area contributed by atoms with E-state index >= 15 is 0 Å². The molecule has 1 N–H and O–H groups in total. The number of nitrogens with one attached hydrogen (secondary N) is 1. The maximum Gasteiger partial charge on any atom is 0.310 e. The molecule has 28 heavy (non-hydrogen) atoms. The predicted molar refractivity (Wildman–Crippen MR) is 108 cm³/mol. The summed E-state index contributed by atoms with van der Waals surface area (Å²) in [5.74, 6) is -0.828. The third-order valence-corrected chi connectivity index (χ3v) is 4.35. The summed E-state index contributed by atoms with van der Waals surface area (Å²) < 4.78 is 6.89. The summed E-state index contributed by atoms with van der Waals surface area (Å²) >= 11 is 0. The highest BCUT2D eigenvalue weighted by atomic mass is 16.5. The molecule has 0 atom stereocenters. The molecule has 0 aliphatic heterocycles. The summed E-state index contributed by atoms with van der Waals surface area (Å²) in [7, 11) is 0. The fraction of sp³-hybridized carbons (Fsp3) is 0.227. The number of benzene rings is 2. The molecule has 144 valence electrons. The summed E-state index contributed by atoms with van der Waals surface area (Å²) in [4.78, 5) is 24.2. The van der Waals surface area contributed by atoms with Crippen molar-refractivity contribution in [3.63, 3.8) is 0 Å². The predicted octanol–water partition coefficient (Wildman–Crippen LogP) is 3.52. The van der Waals surface area contributed by atoms with Gasteiger partial charge in [0.1, 0.15) is 0 Å². The van der Waals surface area contributed by atoms with Gasteiger partial charge in [-0.25, -0.2) is 4.68 Å². The second-order valence-corrected chi connectivity index (χ2v) is 6.67. The van der Waals surface area contributed by atoms with Gasteiger partial charge in [0.05, 0.1) is 29.2 Å². The minimum Gasteiger partial charge on any atom is -0.455 e. The van der Waals surface area contributed by atoms with E-state index in [1.54, 1.807) is 4.68 Å². The smallest absolute Gasteiger partial charge is 0.310 e. The first-order valence-corrected chi connectivity index (χ1v) is 9.06. The van der Waals surface area contributed by atoms with Gasteiger partial charge in [-0.05, 0) is 38.5 Å². The zero-order valence-electron chi connectivity index (χ0n) is 16.2. The van der Waals surface area contributed by atoms with Crippen LogP contribution < -0.4 is 5.32 Å². The number of para-hydroxylation sites is 1. The Balaban J connectivity index is 1.59. The first-order valence-electron chi connectivity index (χ1n) is 9.06. The molecule has 1 heterocycles. The average Bonchev–Trinajstić information content (AvgIpc) is 2.95. The van der Waals surface area contributed by atoms with Gasteiger partial charge in [0.2, 0.25) is 0 Å². The van der Waals surface area contributed by atoms with Crippen LogP contribution in [0.15, 0.2) is 54.6 Å². The number of carbonyl (C=O) groups excluding carboxylic acids is 2. The number of hydrogen-bond donors (Lipinski definition) is 1. The Morgan fingerprint density at radius 2 is 1.79 bits per heavy atom. The van der Waals surface area contributed by atoms with Crippen LogP contribution in [-0.4, -0.2) is 28.3 Å². The number of nitrogens with zero attached hydrogens (tertiary/aromatic N) is 2.